The van der Waals surface area contributed by atoms with Crippen LogP contribution in [0.2, 0.25) is 0 Å². The van der Waals surface area contributed by atoms with E-state index in [1.54, 1.807) is 6.92 Å². The summed E-state index contributed by atoms with van der Waals surface area (Å²) in [6, 6.07) is 4.08. The third-order valence-electron chi connectivity index (χ3n) is 5.35. The maximum absolute atomic E-state index is 14.7. The van der Waals surface area contributed by atoms with Crippen LogP contribution >= 0.6 is 0 Å². The van der Waals surface area contributed by atoms with Crippen molar-refractivity contribution in [2.24, 2.45) is 0 Å². The monoisotopic (exact) mass is 449 g/mol. The first-order chi connectivity index (χ1) is 15.3. The summed E-state index contributed by atoms with van der Waals surface area (Å²) < 4.78 is 53.6. The molecular formula is C20H19F4N7O. The van der Waals surface area contributed by atoms with Crippen LogP contribution in [0.3, 0.4) is 0 Å². The van der Waals surface area contributed by atoms with E-state index in [9.17, 15) is 22.4 Å². The number of rotatable bonds is 4. The van der Waals surface area contributed by atoms with Gasteiger partial charge < -0.3 is 10.2 Å². The highest BCUT2D eigenvalue weighted by Crippen LogP contribution is 2.29. The molecule has 12 heteroatoms. The Hall–Kier alpha value is -3.57. The maximum Gasteiger partial charge on any atom is 0.433 e. The van der Waals surface area contributed by atoms with Crippen molar-refractivity contribution in [2.45, 2.75) is 38.0 Å². The van der Waals surface area contributed by atoms with Crippen LogP contribution in [0.4, 0.5) is 23.5 Å². The van der Waals surface area contributed by atoms with Crippen LogP contribution in [0, 0.1) is 5.82 Å². The average molecular weight is 449 g/mol. The zero-order valence-corrected chi connectivity index (χ0v) is 16.9. The highest BCUT2D eigenvalue weighted by atomic mass is 19.4. The Labute approximate surface area is 180 Å². The summed E-state index contributed by atoms with van der Waals surface area (Å²) >= 11 is 0. The zero-order valence-electron chi connectivity index (χ0n) is 16.9. The summed E-state index contributed by atoms with van der Waals surface area (Å²) in [5, 5.41) is 10.9. The van der Waals surface area contributed by atoms with Gasteiger partial charge in [-0.05, 0) is 38.0 Å². The van der Waals surface area contributed by atoms with E-state index in [2.05, 4.69) is 25.5 Å². The Morgan fingerprint density at radius 3 is 2.62 bits per heavy atom. The normalized spacial score (nSPS) is 19.1. The van der Waals surface area contributed by atoms with Crippen molar-refractivity contribution in [3.05, 3.63) is 59.9 Å². The first-order valence-electron chi connectivity index (χ1n) is 9.88. The van der Waals surface area contributed by atoms with Crippen molar-refractivity contribution < 1.29 is 22.4 Å². The minimum absolute atomic E-state index is 0.175. The van der Waals surface area contributed by atoms with E-state index in [0.717, 1.165) is 17.1 Å². The Bertz CT molecular complexity index is 1100. The van der Waals surface area contributed by atoms with Gasteiger partial charge in [-0.1, -0.05) is 6.07 Å². The van der Waals surface area contributed by atoms with Crippen LogP contribution in [0.5, 0.6) is 0 Å². The molecule has 0 bridgehead atoms. The van der Waals surface area contributed by atoms with E-state index in [0.29, 0.717) is 19.4 Å². The minimum atomic E-state index is -4.60. The summed E-state index contributed by atoms with van der Waals surface area (Å²) in [5.41, 5.74) is -1.04. The highest BCUT2D eigenvalue weighted by Gasteiger charge is 2.36. The molecule has 2 atom stereocenters. The van der Waals surface area contributed by atoms with Gasteiger partial charge in [0, 0.05) is 24.8 Å². The van der Waals surface area contributed by atoms with Gasteiger partial charge in [0.05, 0.1) is 12.4 Å². The molecule has 0 unspecified atom stereocenters. The number of alkyl halides is 3. The summed E-state index contributed by atoms with van der Waals surface area (Å²) in [6.45, 7) is 2.11. The number of anilines is 1. The smallest absolute Gasteiger partial charge is 0.349 e. The molecule has 0 radical (unpaired) electrons. The summed E-state index contributed by atoms with van der Waals surface area (Å²) in [6.07, 6.45) is 0.403. The molecule has 1 fully saturated rings. The Morgan fingerprint density at radius 2 is 1.91 bits per heavy atom. The molecule has 1 aromatic carbocycles. The van der Waals surface area contributed by atoms with E-state index < -0.39 is 35.7 Å². The number of carbonyl (C=O) groups excluding carboxylic acids is 1. The molecule has 8 nitrogen and oxygen atoms in total. The number of nitrogens with one attached hydrogen (secondary N) is 1. The van der Waals surface area contributed by atoms with Crippen molar-refractivity contribution in [3.63, 3.8) is 0 Å². The van der Waals surface area contributed by atoms with Crippen molar-refractivity contribution >= 4 is 11.9 Å². The van der Waals surface area contributed by atoms with Gasteiger partial charge in [-0.2, -0.15) is 28.2 Å². The van der Waals surface area contributed by atoms with Crippen LogP contribution in [-0.2, 0) is 6.18 Å². The van der Waals surface area contributed by atoms with Crippen LogP contribution < -0.4 is 5.32 Å². The van der Waals surface area contributed by atoms with Crippen molar-refractivity contribution in [1.29, 1.82) is 0 Å². The third kappa shape index (κ3) is 4.25. The number of likely N-dealkylation sites (tertiary alicyclic amines) is 1. The summed E-state index contributed by atoms with van der Waals surface area (Å²) in [4.78, 5) is 23.4. The Morgan fingerprint density at radius 1 is 1.16 bits per heavy atom. The van der Waals surface area contributed by atoms with Gasteiger partial charge in [0.25, 0.3) is 5.91 Å². The van der Waals surface area contributed by atoms with Gasteiger partial charge in [-0.3, -0.25) is 4.79 Å². The molecule has 0 saturated carbocycles. The summed E-state index contributed by atoms with van der Waals surface area (Å²) in [5.74, 6) is -1.45. The number of carbonyl (C=O) groups is 1. The van der Waals surface area contributed by atoms with E-state index in [4.69, 9.17) is 0 Å². The number of halogens is 4. The number of hydrogen-bond acceptors (Lipinski definition) is 6. The van der Waals surface area contributed by atoms with Gasteiger partial charge in [0.15, 0.2) is 0 Å². The molecule has 1 aliphatic heterocycles. The molecule has 1 amide bonds. The molecule has 0 aliphatic carbocycles. The summed E-state index contributed by atoms with van der Waals surface area (Å²) in [7, 11) is 0. The molecule has 0 spiro atoms. The number of nitrogens with zero attached hydrogens (tertiary/aromatic N) is 6. The van der Waals surface area contributed by atoms with Crippen molar-refractivity contribution in [2.75, 3.05) is 11.9 Å². The quantitative estimate of drug-likeness (QED) is 0.615. The van der Waals surface area contributed by atoms with Gasteiger partial charge >= 0.3 is 6.18 Å². The molecule has 1 N–H and O–H groups in total. The lowest BCUT2D eigenvalue weighted by Crippen LogP contribution is -2.52. The SMILES string of the molecule is C[C@@H]1[C@@H](Nc2nccc(C(F)(F)F)n2)CCCN1C(=O)c1c(F)cccc1-n1nccn1. The molecule has 3 heterocycles. The van der Waals surface area contributed by atoms with E-state index >= 15 is 0 Å². The Kier molecular flexibility index (Phi) is 5.76. The Balaban J connectivity index is 1.58. The third-order valence-corrected chi connectivity index (χ3v) is 5.35. The molecule has 3 aromatic rings. The predicted octanol–water partition coefficient (Wildman–Crippen LogP) is 3.32. The lowest BCUT2D eigenvalue weighted by atomic mass is 9.96. The standard InChI is InChI=1S/C20H19F4N7O/c1-12-14(28-19-25-8-7-16(29-19)20(22,23)24)5-3-11-30(12)18(32)17-13(21)4-2-6-15(17)31-26-9-10-27-31/h2,4,6-10,12,14H,3,5,11H2,1H3,(H,25,28,29)/t12-,14+/m1/s1. The molecule has 32 heavy (non-hydrogen) atoms. The van der Waals surface area contributed by atoms with Gasteiger partial charge in [-0.15, -0.1) is 0 Å². The molecule has 168 valence electrons. The largest absolute Gasteiger partial charge is 0.433 e. The van der Waals surface area contributed by atoms with Crippen LogP contribution in [-0.4, -0.2) is 54.4 Å². The number of amides is 1. The van der Waals surface area contributed by atoms with Crippen LogP contribution in [0.25, 0.3) is 5.69 Å². The van der Waals surface area contributed by atoms with E-state index in [-0.39, 0.29) is 17.2 Å². The van der Waals surface area contributed by atoms with Gasteiger partial charge in [0.1, 0.15) is 22.8 Å². The second-order valence-corrected chi connectivity index (χ2v) is 7.35. The first kappa shape index (κ1) is 21.7. The highest BCUT2D eigenvalue weighted by molar-refractivity contribution is 5.98. The van der Waals surface area contributed by atoms with E-state index in [1.807, 2.05) is 0 Å². The second kappa shape index (κ2) is 8.52. The number of hydrogen-bond donors (Lipinski definition) is 1. The lowest BCUT2D eigenvalue weighted by molar-refractivity contribution is -0.141. The van der Waals surface area contributed by atoms with E-state index in [1.165, 1.54) is 35.5 Å². The predicted molar refractivity (Wildman–Crippen MR) is 105 cm³/mol. The number of benzene rings is 1. The first-order valence-corrected chi connectivity index (χ1v) is 9.88. The number of piperidine rings is 1. The fourth-order valence-corrected chi connectivity index (χ4v) is 3.75. The van der Waals surface area contributed by atoms with Gasteiger partial charge in [0.2, 0.25) is 5.95 Å². The number of aromatic nitrogens is 5. The molecule has 4 rings (SSSR count). The zero-order chi connectivity index (χ0) is 22.9. The second-order valence-electron chi connectivity index (χ2n) is 7.35. The molecule has 1 aliphatic rings. The van der Waals surface area contributed by atoms with Crippen LogP contribution in [0.1, 0.15) is 35.8 Å². The van der Waals surface area contributed by atoms with Crippen molar-refractivity contribution in [1.82, 2.24) is 29.9 Å². The molecular weight excluding hydrogens is 430 g/mol. The molecule has 1 saturated heterocycles. The molecule has 2 aromatic heterocycles. The van der Waals surface area contributed by atoms with Crippen LogP contribution in [0.15, 0.2) is 42.9 Å². The minimum Gasteiger partial charge on any atom is -0.349 e. The fraction of sp³-hybridized carbons (Fsp3) is 0.350. The lowest BCUT2D eigenvalue weighted by Gasteiger charge is -2.40. The fourth-order valence-electron chi connectivity index (χ4n) is 3.75. The maximum atomic E-state index is 14.7. The van der Waals surface area contributed by atoms with Crippen molar-refractivity contribution in [3.8, 4) is 5.69 Å². The average Bonchev–Trinajstić information content (AvgIpc) is 3.29. The van der Waals surface area contributed by atoms with Gasteiger partial charge in [-0.25, -0.2) is 14.4 Å². The topological polar surface area (TPSA) is 88.8 Å².